The van der Waals surface area contributed by atoms with Gasteiger partial charge in [0.25, 0.3) is 0 Å². The third-order valence-electron chi connectivity index (χ3n) is 2.36. The van der Waals surface area contributed by atoms with Crippen molar-refractivity contribution in [2.24, 2.45) is 5.41 Å². The van der Waals surface area contributed by atoms with E-state index in [1.807, 2.05) is 25.7 Å². The molecular formula is C11H22ClNO. The lowest BCUT2D eigenvalue weighted by atomic mass is 9.94. The second kappa shape index (κ2) is 6.28. The number of carbonyl (C=O) groups is 1. The van der Waals surface area contributed by atoms with Crippen molar-refractivity contribution in [3.05, 3.63) is 0 Å². The first kappa shape index (κ1) is 13.8. The Balaban J connectivity index is 4.30. The van der Waals surface area contributed by atoms with E-state index in [2.05, 4.69) is 6.92 Å². The summed E-state index contributed by atoms with van der Waals surface area (Å²) in [4.78, 5) is 13.9. The molecule has 0 atom stereocenters. The van der Waals surface area contributed by atoms with Crippen LogP contribution in [0.2, 0.25) is 0 Å². The van der Waals surface area contributed by atoms with Crippen LogP contribution in [0.1, 0.15) is 40.5 Å². The fraction of sp³-hybridized carbons (Fsp3) is 0.909. The Morgan fingerprint density at radius 3 is 2.29 bits per heavy atom. The van der Waals surface area contributed by atoms with Crippen LogP contribution in [-0.4, -0.2) is 29.8 Å². The Bertz CT molecular complexity index is 180. The summed E-state index contributed by atoms with van der Waals surface area (Å²) < 4.78 is 0. The lowest BCUT2D eigenvalue weighted by Crippen LogP contribution is -2.42. The van der Waals surface area contributed by atoms with E-state index >= 15 is 0 Å². The predicted molar refractivity (Wildman–Crippen MR) is 61.7 cm³/mol. The van der Waals surface area contributed by atoms with Gasteiger partial charge in [-0.15, -0.1) is 11.6 Å². The Morgan fingerprint density at radius 2 is 1.93 bits per heavy atom. The molecule has 0 aliphatic rings. The van der Waals surface area contributed by atoms with Crippen molar-refractivity contribution in [1.29, 1.82) is 0 Å². The number of carbonyl (C=O) groups excluding carboxylic acids is 1. The Hall–Kier alpha value is -0.240. The van der Waals surface area contributed by atoms with E-state index in [1.54, 1.807) is 0 Å². The van der Waals surface area contributed by atoms with Gasteiger partial charge < -0.3 is 4.90 Å². The van der Waals surface area contributed by atoms with Crippen molar-refractivity contribution >= 4 is 17.5 Å². The molecule has 0 radical (unpaired) electrons. The summed E-state index contributed by atoms with van der Waals surface area (Å²) in [6.45, 7) is 9.57. The number of nitrogens with zero attached hydrogens (tertiary/aromatic N) is 1. The molecule has 0 saturated carbocycles. The molecule has 0 aromatic heterocycles. The molecule has 0 heterocycles. The third kappa shape index (κ3) is 3.87. The minimum absolute atomic E-state index is 0.170. The largest absolute Gasteiger partial charge is 0.342 e. The van der Waals surface area contributed by atoms with Gasteiger partial charge in [-0.05, 0) is 27.2 Å². The van der Waals surface area contributed by atoms with Crippen molar-refractivity contribution < 1.29 is 4.79 Å². The van der Waals surface area contributed by atoms with E-state index in [-0.39, 0.29) is 5.91 Å². The van der Waals surface area contributed by atoms with Crippen LogP contribution >= 0.6 is 11.6 Å². The highest BCUT2D eigenvalue weighted by atomic mass is 35.5. The first-order valence-electron chi connectivity index (χ1n) is 5.35. The first-order valence-corrected chi connectivity index (χ1v) is 5.88. The molecule has 84 valence electrons. The molecule has 0 unspecified atom stereocenters. The molecule has 1 amide bonds. The van der Waals surface area contributed by atoms with Gasteiger partial charge in [0.05, 0.1) is 5.41 Å². The fourth-order valence-corrected chi connectivity index (χ4v) is 1.35. The molecule has 14 heavy (non-hydrogen) atoms. The zero-order valence-electron chi connectivity index (χ0n) is 9.77. The van der Waals surface area contributed by atoms with Crippen molar-refractivity contribution in [2.45, 2.75) is 40.5 Å². The molecule has 0 aromatic rings. The SMILES string of the molecule is CCCCN(CC)C(=O)C(C)(C)CCl. The molecule has 0 N–H and O–H groups in total. The van der Waals surface area contributed by atoms with Gasteiger partial charge in [-0.2, -0.15) is 0 Å². The number of rotatable bonds is 6. The van der Waals surface area contributed by atoms with Crippen LogP contribution in [0, 0.1) is 5.41 Å². The minimum atomic E-state index is -0.425. The van der Waals surface area contributed by atoms with Crippen LogP contribution in [-0.2, 0) is 4.79 Å². The molecule has 0 rings (SSSR count). The maximum atomic E-state index is 12.0. The smallest absolute Gasteiger partial charge is 0.229 e. The normalized spacial score (nSPS) is 11.5. The molecule has 0 saturated heterocycles. The number of hydrogen-bond donors (Lipinski definition) is 0. The van der Waals surface area contributed by atoms with Gasteiger partial charge in [-0.1, -0.05) is 13.3 Å². The van der Waals surface area contributed by atoms with Gasteiger partial charge in [-0.3, -0.25) is 4.79 Å². The van der Waals surface area contributed by atoms with Crippen molar-refractivity contribution in [3.63, 3.8) is 0 Å². The van der Waals surface area contributed by atoms with Gasteiger partial charge in [0.1, 0.15) is 0 Å². The van der Waals surface area contributed by atoms with E-state index in [0.717, 1.165) is 25.9 Å². The van der Waals surface area contributed by atoms with E-state index in [9.17, 15) is 4.79 Å². The molecule has 0 spiro atoms. The second-order valence-corrected chi connectivity index (χ2v) is 4.52. The Labute approximate surface area is 92.6 Å². The Morgan fingerprint density at radius 1 is 1.36 bits per heavy atom. The molecule has 3 heteroatoms. The lowest BCUT2D eigenvalue weighted by Gasteiger charge is -2.29. The second-order valence-electron chi connectivity index (χ2n) is 4.26. The average molecular weight is 220 g/mol. The molecular weight excluding hydrogens is 198 g/mol. The van der Waals surface area contributed by atoms with Crippen LogP contribution in [0.3, 0.4) is 0 Å². The first-order chi connectivity index (χ1) is 6.49. The average Bonchev–Trinajstić information content (AvgIpc) is 2.18. The van der Waals surface area contributed by atoms with Crippen LogP contribution < -0.4 is 0 Å². The van der Waals surface area contributed by atoms with Gasteiger partial charge in [0, 0.05) is 19.0 Å². The summed E-state index contributed by atoms with van der Waals surface area (Å²) in [6.07, 6.45) is 2.18. The van der Waals surface area contributed by atoms with Crippen molar-refractivity contribution in [2.75, 3.05) is 19.0 Å². The summed E-state index contributed by atoms with van der Waals surface area (Å²) in [5, 5.41) is 0. The Kier molecular flexibility index (Phi) is 6.17. The van der Waals surface area contributed by atoms with Crippen LogP contribution in [0.5, 0.6) is 0 Å². The standard InChI is InChI=1S/C11H22ClNO/c1-5-7-8-13(6-2)10(14)11(3,4)9-12/h5-9H2,1-4H3. The van der Waals surface area contributed by atoms with Crippen molar-refractivity contribution in [1.82, 2.24) is 4.90 Å². The highest BCUT2D eigenvalue weighted by Crippen LogP contribution is 2.20. The zero-order chi connectivity index (χ0) is 11.2. The predicted octanol–water partition coefficient (Wildman–Crippen LogP) is 2.90. The van der Waals surface area contributed by atoms with E-state index in [1.165, 1.54) is 0 Å². The molecule has 0 fully saturated rings. The number of hydrogen-bond acceptors (Lipinski definition) is 1. The third-order valence-corrected chi connectivity index (χ3v) is 3.03. The van der Waals surface area contributed by atoms with E-state index < -0.39 is 5.41 Å². The molecule has 2 nitrogen and oxygen atoms in total. The van der Waals surface area contributed by atoms with E-state index in [4.69, 9.17) is 11.6 Å². The van der Waals surface area contributed by atoms with Crippen LogP contribution in [0.25, 0.3) is 0 Å². The topological polar surface area (TPSA) is 20.3 Å². The van der Waals surface area contributed by atoms with Gasteiger partial charge in [-0.25, -0.2) is 0 Å². The molecule has 0 bridgehead atoms. The number of amides is 1. The number of unbranched alkanes of at least 4 members (excludes halogenated alkanes) is 1. The number of alkyl halides is 1. The summed E-state index contributed by atoms with van der Waals surface area (Å²) in [6, 6.07) is 0. The molecule has 0 aliphatic heterocycles. The van der Waals surface area contributed by atoms with Crippen molar-refractivity contribution in [3.8, 4) is 0 Å². The minimum Gasteiger partial charge on any atom is -0.342 e. The van der Waals surface area contributed by atoms with Gasteiger partial charge in [0.2, 0.25) is 5.91 Å². The lowest BCUT2D eigenvalue weighted by molar-refractivity contribution is -0.139. The summed E-state index contributed by atoms with van der Waals surface area (Å²) in [5.41, 5.74) is -0.425. The molecule has 0 aromatic carbocycles. The summed E-state index contributed by atoms with van der Waals surface area (Å²) in [7, 11) is 0. The monoisotopic (exact) mass is 219 g/mol. The van der Waals surface area contributed by atoms with Gasteiger partial charge in [0.15, 0.2) is 0 Å². The summed E-state index contributed by atoms with van der Waals surface area (Å²) >= 11 is 5.78. The highest BCUT2D eigenvalue weighted by molar-refractivity contribution is 6.19. The van der Waals surface area contributed by atoms with Gasteiger partial charge >= 0.3 is 0 Å². The summed E-state index contributed by atoms with van der Waals surface area (Å²) in [5.74, 6) is 0.553. The maximum absolute atomic E-state index is 12.0. The highest BCUT2D eigenvalue weighted by Gasteiger charge is 2.30. The fourth-order valence-electron chi connectivity index (χ4n) is 1.24. The van der Waals surface area contributed by atoms with Crippen LogP contribution in [0.4, 0.5) is 0 Å². The zero-order valence-corrected chi connectivity index (χ0v) is 10.5. The maximum Gasteiger partial charge on any atom is 0.229 e. The van der Waals surface area contributed by atoms with E-state index in [0.29, 0.717) is 5.88 Å². The molecule has 0 aliphatic carbocycles. The number of halogens is 1. The van der Waals surface area contributed by atoms with Crippen LogP contribution in [0.15, 0.2) is 0 Å². The quantitative estimate of drug-likeness (QED) is 0.630.